The van der Waals surface area contributed by atoms with Crippen molar-refractivity contribution in [1.82, 2.24) is 15.1 Å². The Morgan fingerprint density at radius 1 is 1.00 bits per heavy atom. The maximum Gasteiger partial charge on any atom is 0.407 e. The summed E-state index contributed by atoms with van der Waals surface area (Å²) in [5, 5.41) is 12.6. The molecule has 11 heteroatoms. The van der Waals surface area contributed by atoms with E-state index >= 15 is 0 Å². The number of anilines is 2. The highest BCUT2D eigenvalue weighted by Crippen LogP contribution is 2.19. The molecule has 1 aromatic carbocycles. The van der Waals surface area contributed by atoms with Gasteiger partial charge in [0.05, 0.1) is 44.1 Å². The van der Waals surface area contributed by atoms with Crippen LogP contribution in [0.15, 0.2) is 30.3 Å². The number of aromatic nitrogens is 2. The number of ether oxygens (including phenoxy) is 3. The van der Waals surface area contributed by atoms with Gasteiger partial charge in [-0.1, -0.05) is 12.1 Å². The molecule has 0 radical (unpaired) electrons. The van der Waals surface area contributed by atoms with Crippen molar-refractivity contribution in [1.29, 1.82) is 0 Å². The van der Waals surface area contributed by atoms with Crippen LogP contribution in [0.2, 0.25) is 0 Å². The molecule has 0 atom stereocenters. The standard InChI is InChI=1S/C26H39N5O6/c1-18(2)31-19(3)17-22(30-31)29-24(33)20-9-7-8-10-21(20)28-23(32)11-13-35-15-16-36-14-12-27-25(34)37-26(4,5)6/h7-10,17-18H,11-16H2,1-6H3,(H,27,34)(H,28,32)(H,29,30,33). The molecule has 0 fully saturated rings. The normalized spacial score (nSPS) is 11.3. The molecule has 0 bridgehead atoms. The van der Waals surface area contributed by atoms with E-state index in [0.29, 0.717) is 43.4 Å². The second-order valence-corrected chi connectivity index (χ2v) is 9.66. The zero-order chi connectivity index (χ0) is 27.4. The van der Waals surface area contributed by atoms with E-state index < -0.39 is 11.7 Å². The van der Waals surface area contributed by atoms with Gasteiger partial charge in [0.25, 0.3) is 5.91 Å². The summed E-state index contributed by atoms with van der Waals surface area (Å²) in [5.41, 5.74) is 1.14. The molecule has 11 nitrogen and oxygen atoms in total. The number of benzene rings is 1. The summed E-state index contributed by atoms with van der Waals surface area (Å²) in [6, 6.07) is 8.77. The van der Waals surface area contributed by atoms with Crippen LogP contribution in [0.5, 0.6) is 0 Å². The number of aryl methyl sites for hydroxylation is 1. The molecular weight excluding hydrogens is 478 g/mol. The van der Waals surface area contributed by atoms with Crippen molar-refractivity contribution in [3.8, 4) is 0 Å². The molecule has 3 amide bonds. The van der Waals surface area contributed by atoms with Crippen LogP contribution in [0.4, 0.5) is 16.3 Å². The third-order valence-corrected chi connectivity index (χ3v) is 4.86. The van der Waals surface area contributed by atoms with Crippen LogP contribution in [0.25, 0.3) is 0 Å². The lowest BCUT2D eigenvalue weighted by molar-refractivity contribution is -0.117. The first-order chi connectivity index (χ1) is 17.5. The Balaban J connectivity index is 1.68. The number of hydrogen-bond acceptors (Lipinski definition) is 7. The average molecular weight is 518 g/mol. The largest absolute Gasteiger partial charge is 0.444 e. The van der Waals surface area contributed by atoms with Gasteiger partial charge in [0.15, 0.2) is 5.82 Å². The van der Waals surface area contributed by atoms with Gasteiger partial charge in [0.2, 0.25) is 5.91 Å². The molecule has 1 aromatic heterocycles. The lowest BCUT2D eigenvalue weighted by Crippen LogP contribution is -2.34. The minimum atomic E-state index is -0.545. The van der Waals surface area contributed by atoms with Crippen molar-refractivity contribution in [2.45, 2.75) is 59.6 Å². The third-order valence-electron chi connectivity index (χ3n) is 4.86. The Labute approximate surface area is 218 Å². The molecule has 1 heterocycles. The van der Waals surface area contributed by atoms with E-state index in [9.17, 15) is 14.4 Å². The smallest absolute Gasteiger partial charge is 0.407 e. The predicted octanol–water partition coefficient (Wildman–Crippen LogP) is 3.91. The van der Waals surface area contributed by atoms with Gasteiger partial charge in [0, 0.05) is 24.3 Å². The van der Waals surface area contributed by atoms with Gasteiger partial charge in [0.1, 0.15) is 5.60 Å². The minimum absolute atomic E-state index is 0.119. The number of carbonyl (C=O) groups is 3. The first-order valence-corrected chi connectivity index (χ1v) is 12.3. The van der Waals surface area contributed by atoms with Crippen molar-refractivity contribution in [3.63, 3.8) is 0 Å². The second-order valence-electron chi connectivity index (χ2n) is 9.66. The highest BCUT2D eigenvalue weighted by Gasteiger charge is 2.16. The molecule has 0 unspecified atom stereocenters. The van der Waals surface area contributed by atoms with E-state index in [4.69, 9.17) is 14.2 Å². The van der Waals surface area contributed by atoms with E-state index in [1.165, 1.54) is 0 Å². The van der Waals surface area contributed by atoms with Crippen molar-refractivity contribution in [3.05, 3.63) is 41.6 Å². The van der Waals surface area contributed by atoms with E-state index in [-0.39, 0.29) is 30.9 Å². The van der Waals surface area contributed by atoms with Crippen LogP contribution in [0.3, 0.4) is 0 Å². The zero-order valence-electron chi connectivity index (χ0n) is 22.6. The Bertz CT molecular complexity index is 1040. The maximum absolute atomic E-state index is 12.8. The summed E-state index contributed by atoms with van der Waals surface area (Å²) in [7, 11) is 0. The fourth-order valence-corrected chi connectivity index (χ4v) is 3.28. The number of nitrogens with one attached hydrogen (secondary N) is 3. The van der Waals surface area contributed by atoms with Crippen LogP contribution in [-0.2, 0) is 19.0 Å². The van der Waals surface area contributed by atoms with Gasteiger partial charge in [-0.15, -0.1) is 0 Å². The number of nitrogens with zero attached hydrogens (tertiary/aromatic N) is 2. The van der Waals surface area contributed by atoms with E-state index in [2.05, 4.69) is 21.0 Å². The molecule has 0 aliphatic rings. The van der Waals surface area contributed by atoms with Gasteiger partial charge < -0.3 is 30.2 Å². The number of carbonyl (C=O) groups excluding carboxylic acids is 3. The quantitative estimate of drug-likeness (QED) is 0.343. The number of rotatable bonds is 13. The molecule has 2 aromatic rings. The van der Waals surface area contributed by atoms with Crippen LogP contribution in [-0.4, -0.2) is 66.3 Å². The number of amides is 3. The Hall–Kier alpha value is -3.44. The number of para-hydroxylation sites is 1. The first kappa shape index (κ1) is 29.8. The molecule has 3 N–H and O–H groups in total. The van der Waals surface area contributed by atoms with Gasteiger partial charge >= 0.3 is 6.09 Å². The minimum Gasteiger partial charge on any atom is -0.444 e. The predicted molar refractivity (Wildman–Crippen MR) is 141 cm³/mol. The molecule has 2 rings (SSSR count). The lowest BCUT2D eigenvalue weighted by atomic mass is 10.1. The summed E-state index contributed by atoms with van der Waals surface area (Å²) < 4.78 is 17.8. The van der Waals surface area contributed by atoms with Crippen molar-refractivity contribution in [2.24, 2.45) is 0 Å². The second kappa shape index (κ2) is 14.3. The summed E-state index contributed by atoms with van der Waals surface area (Å²) in [6.07, 6.45) is -0.372. The summed E-state index contributed by atoms with van der Waals surface area (Å²) in [4.78, 5) is 36.7. The van der Waals surface area contributed by atoms with Crippen molar-refractivity contribution >= 4 is 29.4 Å². The molecule has 0 aliphatic heterocycles. The first-order valence-electron chi connectivity index (χ1n) is 12.3. The summed E-state index contributed by atoms with van der Waals surface area (Å²) in [6.45, 7) is 12.8. The molecule has 0 saturated heterocycles. The fraction of sp³-hybridized carbons (Fsp3) is 0.538. The van der Waals surface area contributed by atoms with Crippen LogP contribution in [0.1, 0.15) is 63.1 Å². The Kier molecular flexibility index (Phi) is 11.5. The number of alkyl carbamates (subject to hydrolysis) is 1. The maximum atomic E-state index is 12.8. The number of hydrogen-bond donors (Lipinski definition) is 3. The fourth-order valence-electron chi connectivity index (χ4n) is 3.28. The van der Waals surface area contributed by atoms with Crippen LogP contribution in [0, 0.1) is 6.92 Å². The zero-order valence-corrected chi connectivity index (χ0v) is 22.6. The SMILES string of the molecule is Cc1cc(NC(=O)c2ccccc2NC(=O)CCOCCOCCNC(=O)OC(C)(C)C)nn1C(C)C. The monoisotopic (exact) mass is 517 g/mol. The molecule has 204 valence electrons. The van der Waals surface area contributed by atoms with E-state index in [1.807, 2.05) is 25.5 Å². The van der Waals surface area contributed by atoms with E-state index in [0.717, 1.165) is 5.69 Å². The van der Waals surface area contributed by atoms with Gasteiger partial charge in [-0.3, -0.25) is 14.3 Å². The highest BCUT2D eigenvalue weighted by molar-refractivity contribution is 6.09. The molecular formula is C26H39N5O6. The van der Waals surface area contributed by atoms with Crippen molar-refractivity contribution < 1.29 is 28.6 Å². The van der Waals surface area contributed by atoms with Gasteiger partial charge in [-0.2, -0.15) is 5.10 Å². The third kappa shape index (κ3) is 11.0. The summed E-state index contributed by atoms with van der Waals surface area (Å²) >= 11 is 0. The van der Waals surface area contributed by atoms with E-state index in [1.54, 1.807) is 51.1 Å². The molecule has 0 spiro atoms. The Morgan fingerprint density at radius 3 is 2.32 bits per heavy atom. The molecule has 0 aliphatic carbocycles. The van der Waals surface area contributed by atoms with Crippen LogP contribution < -0.4 is 16.0 Å². The summed E-state index contributed by atoms with van der Waals surface area (Å²) in [5.74, 6) is -0.185. The van der Waals surface area contributed by atoms with Gasteiger partial charge in [-0.05, 0) is 53.7 Å². The van der Waals surface area contributed by atoms with Crippen LogP contribution >= 0.6 is 0 Å². The average Bonchev–Trinajstić information content (AvgIpc) is 3.17. The van der Waals surface area contributed by atoms with Gasteiger partial charge in [-0.25, -0.2) is 4.79 Å². The topological polar surface area (TPSA) is 133 Å². The lowest BCUT2D eigenvalue weighted by Gasteiger charge is -2.19. The Morgan fingerprint density at radius 2 is 1.68 bits per heavy atom. The highest BCUT2D eigenvalue weighted by atomic mass is 16.6. The van der Waals surface area contributed by atoms with Crippen molar-refractivity contribution in [2.75, 3.05) is 43.6 Å². The molecule has 0 saturated carbocycles. The molecule has 37 heavy (non-hydrogen) atoms.